The van der Waals surface area contributed by atoms with Crippen molar-refractivity contribution in [2.45, 2.75) is 39.9 Å². The molecule has 1 saturated heterocycles. The lowest BCUT2D eigenvalue weighted by Crippen LogP contribution is -2.35. The highest BCUT2D eigenvalue weighted by molar-refractivity contribution is 8.18. The van der Waals surface area contributed by atoms with E-state index in [0.29, 0.717) is 17.1 Å². The monoisotopic (exact) mass is 393 g/mol. The van der Waals surface area contributed by atoms with Crippen molar-refractivity contribution in [2.24, 2.45) is 0 Å². The molecule has 0 aromatic heterocycles. The molecular formula is C19H23NO6S. The van der Waals surface area contributed by atoms with Gasteiger partial charge in [0.2, 0.25) is 0 Å². The molecule has 0 spiro atoms. The number of rotatable bonds is 7. The number of carbonyl (C=O) groups is 3. The Bertz CT molecular complexity index is 771. The van der Waals surface area contributed by atoms with Gasteiger partial charge in [-0.05, 0) is 51.6 Å². The highest BCUT2D eigenvalue weighted by Crippen LogP contribution is 2.37. The zero-order valence-corrected chi connectivity index (χ0v) is 16.8. The Morgan fingerprint density at radius 2 is 1.89 bits per heavy atom. The molecule has 1 aliphatic rings. The first-order valence-electron chi connectivity index (χ1n) is 8.51. The summed E-state index contributed by atoms with van der Waals surface area (Å²) in [6.45, 7) is 6.75. The van der Waals surface area contributed by atoms with Crippen molar-refractivity contribution in [3.63, 3.8) is 0 Å². The van der Waals surface area contributed by atoms with Gasteiger partial charge in [0.1, 0.15) is 6.54 Å². The topological polar surface area (TPSA) is 82.1 Å². The van der Waals surface area contributed by atoms with Gasteiger partial charge in [0.15, 0.2) is 11.5 Å². The van der Waals surface area contributed by atoms with Gasteiger partial charge in [-0.15, -0.1) is 0 Å². The summed E-state index contributed by atoms with van der Waals surface area (Å²) in [5.41, 5.74) is 0.610. The first-order valence-corrected chi connectivity index (χ1v) is 9.33. The van der Waals surface area contributed by atoms with E-state index < -0.39 is 23.7 Å². The van der Waals surface area contributed by atoms with Crippen LogP contribution < -0.4 is 9.47 Å². The Balaban J connectivity index is 2.29. The summed E-state index contributed by atoms with van der Waals surface area (Å²) in [4.78, 5) is 37.6. The Morgan fingerprint density at radius 1 is 1.19 bits per heavy atom. The maximum absolute atomic E-state index is 12.6. The molecule has 0 atom stereocenters. The van der Waals surface area contributed by atoms with Gasteiger partial charge in [0, 0.05) is 5.56 Å². The first kappa shape index (κ1) is 20.8. The number of hydrogen-bond acceptors (Lipinski definition) is 7. The predicted molar refractivity (Wildman–Crippen MR) is 103 cm³/mol. The number of imide groups is 1. The van der Waals surface area contributed by atoms with Crippen LogP contribution in [0.2, 0.25) is 0 Å². The molecule has 1 aliphatic heterocycles. The van der Waals surface area contributed by atoms with Crippen LogP contribution in [-0.4, -0.2) is 47.9 Å². The number of carbonyl (C=O) groups excluding carboxylic acids is 3. The third kappa shape index (κ3) is 5.26. The molecule has 2 amide bonds. The van der Waals surface area contributed by atoms with Crippen molar-refractivity contribution in [1.29, 1.82) is 0 Å². The minimum absolute atomic E-state index is 0.102. The lowest BCUT2D eigenvalue weighted by molar-refractivity contribution is -0.149. The van der Waals surface area contributed by atoms with Crippen LogP contribution in [0.1, 0.15) is 33.3 Å². The van der Waals surface area contributed by atoms with Gasteiger partial charge in [-0.3, -0.25) is 19.3 Å². The minimum atomic E-state index is -0.626. The Kier molecular flexibility index (Phi) is 6.90. The molecule has 7 nitrogen and oxygen atoms in total. The normalized spacial score (nSPS) is 15.8. The van der Waals surface area contributed by atoms with Crippen LogP contribution in [0.4, 0.5) is 4.79 Å². The number of thioether (sulfide) groups is 1. The van der Waals surface area contributed by atoms with Gasteiger partial charge in [-0.2, -0.15) is 0 Å². The smallest absolute Gasteiger partial charge is 0.326 e. The van der Waals surface area contributed by atoms with Gasteiger partial charge in [0.25, 0.3) is 11.1 Å². The number of benzene rings is 1. The number of esters is 1. The summed E-state index contributed by atoms with van der Waals surface area (Å²) in [5, 5.41) is -0.513. The van der Waals surface area contributed by atoms with Gasteiger partial charge >= 0.3 is 5.97 Å². The molecule has 1 aromatic rings. The summed E-state index contributed by atoms with van der Waals surface area (Å²) in [7, 11) is 1.53. The molecule has 0 N–H and O–H groups in total. The van der Waals surface area contributed by atoms with E-state index in [1.807, 2.05) is 13.8 Å². The second-order valence-corrected chi connectivity index (χ2v) is 7.34. The van der Waals surface area contributed by atoms with E-state index >= 15 is 0 Å². The average Bonchev–Trinajstić information content (AvgIpc) is 2.82. The largest absolute Gasteiger partial charge is 0.493 e. The van der Waals surface area contributed by atoms with E-state index in [4.69, 9.17) is 14.2 Å². The molecule has 1 heterocycles. The molecule has 0 unspecified atom stereocenters. The van der Waals surface area contributed by atoms with Crippen LogP contribution in [0.15, 0.2) is 23.1 Å². The number of ether oxygens (including phenoxy) is 3. The lowest BCUT2D eigenvalue weighted by Gasteiger charge is -2.16. The van der Waals surface area contributed by atoms with Crippen molar-refractivity contribution >= 4 is 35.0 Å². The SMILES string of the molecule is COc1cccc(/C=C2/SC(=O)N(CC(=O)OC(C)C)C2=O)c1OC(C)C. The van der Waals surface area contributed by atoms with Crippen LogP contribution in [0.5, 0.6) is 11.5 Å². The molecule has 1 aromatic carbocycles. The van der Waals surface area contributed by atoms with Crippen molar-refractivity contribution < 1.29 is 28.6 Å². The minimum Gasteiger partial charge on any atom is -0.493 e. The number of methoxy groups -OCH3 is 1. The van der Waals surface area contributed by atoms with E-state index in [-0.39, 0.29) is 17.1 Å². The van der Waals surface area contributed by atoms with Gasteiger partial charge in [-0.25, -0.2) is 0 Å². The van der Waals surface area contributed by atoms with E-state index in [0.717, 1.165) is 16.7 Å². The van der Waals surface area contributed by atoms with Crippen LogP contribution >= 0.6 is 11.8 Å². The molecule has 0 radical (unpaired) electrons. The zero-order valence-electron chi connectivity index (χ0n) is 16.0. The quantitative estimate of drug-likeness (QED) is 0.518. The predicted octanol–water partition coefficient (Wildman–Crippen LogP) is 3.47. The number of para-hydroxylation sites is 1. The standard InChI is InChI=1S/C19H23NO6S/c1-11(2)25-16(21)10-20-18(22)15(27-19(20)23)9-13-7-6-8-14(24-5)17(13)26-12(3)4/h6-9,11-12H,10H2,1-5H3/b15-9+. The maximum Gasteiger partial charge on any atom is 0.326 e. The van der Waals surface area contributed by atoms with E-state index in [2.05, 4.69) is 0 Å². The number of amides is 2. The molecule has 0 aliphatic carbocycles. The van der Waals surface area contributed by atoms with Crippen LogP contribution in [0, 0.1) is 0 Å². The Hall–Kier alpha value is -2.48. The van der Waals surface area contributed by atoms with Gasteiger partial charge < -0.3 is 14.2 Å². The summed E-state index contributed by atoms with van der Waals surface area (Å²) in [6.07, 6.45) is 1.15. The van der Waals surface area contributed by atoms with Crippen molar-refractivity contribution in [3.05, 3.63) is 28.7 Å². The fraction of sp³-hybridized carbons (Fsp3) is 0.421. The third-order valence-corrected chi connectivity index (χ3v) is 4.30. The zero-order chi connectivity index (χ0) is 20.1. The first-order chi connectivity index (χ1) is 12.7. The highest BCUT2D eigenvalue weighted by Gasteiger charge is 2.37. The summed E-state index contributed by atoms with van der Waals surface area (Å²) in [5.74, 6) is -0.152. The average molecular weight is 393 g/mol. The maximum atomic E-state index is 12.6. The lowest BCUT2D eigenvalue weighted by atomic mass is 10.1. The second-order valence-electron chi connectivity index (χ2n) is 6.35. The second kappa shape index (κ2) is 8.94. The van der Waals surface area contributed by atoms with Crippen molar-refractivity contribution in [2.75, 3.05) is 13.7 Å². The molecule has 8 heteroatoms. The molecule has 2 rings (SSSR count). The Morgan fingerprint density at radius 3 is 2.48 bits per heavy atom. The molecule has 0 bridgehead atoms. The number of nitrogens with zero attached hydrogens (tertiary/aromatic N) is 1. The van der Waals surface area contributed by atoms with Crippen LogP contribution in [0.25, 0.3) is 6.08 Å². The van der Waals surface area contributed by atoms with Crippen molar-refractivity contribution in [1.82, 2.24) is 4.90 Å². The molecule has 1 fully saturated rings. The molecule has 0 saturated carbocycles. The fourth-order valence-corrected chi connectivity index (χ4v) is 3.20. The fourth-order valence-electron chi connectivity index (χ4n) is 2.38. The van der Waals surface area contributed by atoms with Gasteiger partial charge in [0.05, 0.1) is 24.2 Å². The van der Waals surface area contributed by atoms with Crippen LogP contribution in [0.3, 0.4) is 0 Å². The third-order valence-electron chi connectivity index (χ3n) is 3.40. The molecule has 27 heavy (non-hydrogen) atoms. The van der Waals surface area contributed by atoms with Crippen LogP contribution in [-0.2, 0) is 14.3 Å². The van der Waals surface area contributed by atoms with Gasteiger partial charge in [-0.1, -0.05) is 12.1 Å². The summed E-state index contributed by atoms with van der Waals surface area (Å²) in [6, 6.07) is 5.28. The van der Waals surface area contributed by atoms with E-state index in [9.17, 15) is 14.4 Å². The number of hydrogen-bond donors (Lipinski definition) is 0. The molecule has 146 valence electrons. The van der Waals surface area contributed by atoms with Crippen molar-refractivity contribution in [3.8, 4) is 11.5 Å². The highest BCUT2D eigenvalue weighted by atomic mass is 32.2. The van der Waals surface area contributed by atoms with E-state index in [1.165, 1.54) is 7.11 Å². The summed E-state index contributed by atoms with van der Waals surface area (Å²) >= 11 is 0.773. The molecular weight excluding hydrogens is 370 g/mol. The van der Waals surface area contributed by atoms with E-state index in [1.54, 1.807) is 38.1 Å². The Labute approximate surface area is 162 Å². The summed E-state index contributed by atoms with van der Waals surface area (Å²) < 4.78 is 16.1.